The Kier molecular flexibility index (Phi) is 4.98. The zero-order chi connectivity index (χ0) is 21.5. The van der Waals surface area contributed by atoms with E-state index in [4.69, 9.17) is 0 Å². The molecule has 0 spiro atoms. The number of hydrogen-bond acceptors (Lipinski definition) is 6. The van der Waals surface area contributed by atoms with Gasteiger partial charge in [0.05, 0.1) is 11.2 Å². The highest BCUT2D eigenvalue weighted by atomic mass is 32.2. The highest BCUT2D eigenvalue weighted by Gasteiger charge is 2.29. The van der Waals surface area contributed by atoms with Crippen LogP contribution in [0.15, 0.2) is 62.6 Å². The Balaban J connectivity index is 1.99. The second-order valence-corrected chi connectivity index (χ2v) is 8.63. The smallest absolute Gasteiger partial charge is 0.286 e. The van der Waals surface area contributed by atoms with Gasteiger partial charge in [0, 0.05) is 11.4 Å². The first-order chi connectivity index (χ1) is 14.4. The molecular formula is C21H22N4O4S. The van der Waals surface area contributed by atoms with Crippen LogP contribution in [0.5, 0.6) is 5.75 Å². The summed E-state index contributed by atoms with van der Waals surface area (Å²) in [6, 6.07) is 13.2. The number of aromatic nitrogens is 1. The van der Waals surface area contributed by atoms with Crippen molar-refractivity contribution in [3.8, 4) is 5.75 Å². The molecule has 3 N–H and O–H groups in total. The van der Waals surface area contributed by atoms with Crippen molar-refractivity contribution < 1.29 is 13.5 Å². The number of sulfonamides is 1. The lowest BCUT2D eigenvalue weighted by atomic mass is 10.1. The lowest BCUT2D eigenvalue weighted by molar-refractivity contribution is 0.477. The maximum atomic E-state index is 13.4. The molecule has 156 valence electrons. The Bertz CT molecular complexity index is 1320. The van der Waals surface area contributed by atoms with Crippen molar-refractivity contribution in [1.29, 1.82) is 0 Å². The molecule has 0 saturated heterocycles. The van der Waals surface area contributed by atoms with Gasteiger partial charge in [0.25, 0.3) is 15.6 Å². The van der Waals surface area contributed by atoms with E-state index >= 15 is 0 Å². The van der Waals surface area contributed by atoms with Gasteiger partial charge in [-0.05, 0) is 37.1 Å². The predicted molar refractivity (Wildman–Crippen MR) is 117 cm³/mol. The first-order valence-electron chi connectivity index (χ1n) is 9.72. The van der Waals surface area contributed by atoms with Gasteiger partial charge in [-0.25, -0.2) is 4.68 Å². The Hall–Kier alpha value is -3.33. The maximum absolute atomic E-state index is 13.4. The third-order valence-corrected chi connectivity index (χ3v) is 6.55. The van der Waals surface area contributed by atoms with E-state index in [0.29, 0.717) is 16.6 Å². The predicted octanol–water partition coefficient (Wildman–Crippen LogP) is 3.00. The van der Waals surface area contributed by atoms with Crippen LogP contribution in [0.3, 0.4) is 0 Å². The Morgan fingerprint density at radius 1 is 1.10 bits per heavy atom. The highest BCUT2D eigenvalue weighted by Crippen LogP contribution is 2.32. The molecule has 2 heterocycles. The van der Waals surface area contributed by atoms with Crippen molar-refractivity contribution in [3.63, 3.8) is 0 Å². The molecule has 1 aliphatic rings. The third kappa shape index (κ3) is 3.21. The highest BCUT2D eigenvalue weighted by molar-refractivity contribution is 7.90. The van der Waals surface area contributed by atoms with Gasteiger partial charge in [0.1, 0.15) is 16.2 Å². The Morgan fingerprint density at radius 3 is 2.50 bits per heavy atom. The zero-order valence-corrected chi connectivity index (χ0v) is 17.4. The summed E-state index contributed by atoms with van der Waals surface area (Å²) in [5, 5.41) is 14.2. The molecule has 0 fully saturated rings. The average molecular weight is 426 g/mol. The minimum atomic E-state index is -4.03. The average Bonchev–Trinajstić information content (AvgIpc) is 2.74. The van der Waals surface area contributed by atoms with Crippen LogP contribution >= 0.6 is 0 Å². The second kappa shape index (κ2) is 7.49. The molecule has 0 unspecified atom stereocenters. The van der Waals surface area contributed by atoms with Crippen LogP contribution in [0.25, 0.3) is 10.9 Å². The van der Waals surface area contributed by atoms with Crippen molar-refractivity contribution in [3.05, 3.63) is 64.4 Å². The summed E-state index contributed by atoms with van der Waals surface area (Å²) >= 11 is 0. The van der Waals surface area contributed by atoms with Gasteiger partial charge in [-0.3, -0.25) is 4.79 Å². The van der Waals surface area contributed by atoms with Gasteiger partial charge in [-0.2, -0.15) is 8.42 Å². The summed E-state index contributed by atoms with van der Waals surface area (Å²) in [7, 11) is -4.03. The number of anilines is 1. The summed E-state index contributed by atoms with van der Waals surface area (Å²) < 4.78 is 30.5. The minimum Gasteiger partial charge on any atom is -0.506 e. The topological polar surface area (TPSA) is 113 Å². The molecule has 30 heavy (non-hydrogen) atoms. The van der Waals surface area contributed by atoms with E-state index in [2.05, 4.69) is 15.1 Å². The van der Waals surface area contributed by atoms with Crippen LogP contribution in [0.4, 0.5) is 5.69 Å². The molecule has 0 saturated carbocycles. The number of nitrogens with one attached hydrogen (secondary N) is 2. The van der Waals surface area contributed by atoms with Crippen LogP contribution in [-0.4, -0.2) is 30.1 Å². The number of hydrogen-bond donors (Lipinski definition) is 3. The molecule has 0 amide bonds. The second-order valence-electron chi connectivity index (χ2n) is 7.06. The number of amidine groups is 1. The molecule has 0 bridgehead atoms. The molecule has 0 radical (unpaired) electrons. The van der Waals surface area contributed by atoms with Crippen molar-refractivity contribution in [2.24, 2.45) is 4.40 Å². The molecule has 4 rings (SSSR count). The normalized spacial score (nSPS) is 14.8. The van der Waals surface area contributed by atoms with Gasteiger partial charge in [0.2, 0.25) is 0 Å². The van der Waals surface area contributed by atoms with E-state index in [-0.39, 0.29) is 28.1 Å². The van der Waals surface area contributed by atoms with E-state index < -0.39 is 15.6 Å². The van der Waals surface area contributed by atoms with Gasteiger partial charge < -0.3 is 15.8 Å². The lowest BCUT2D eigenvalue weighted by Gasteiger charge is -2.23. The number of benzene rings is 2. The standard InChI is InChI=1S/C21H22N4O4S/c1-3-13(4-2)23-25-16-11-7-5-9-14(16)19(26)18(21(25)27)20-22-15-10-6-8-12-17(15)30(28,29)24-20/h5-13,23,26H,3-4H2,1-2H3,(H,22,24). The molecule has 9 heteroatoms. The van der Waals surface area contributed by atoms with Crippen molar-refractivity contribution in [2.45, 2.75) is 37.6 Å². The number of pyridine rings is 1. The van der Waals surface area contributed by atoms with Crippen LogP contribution < -0.4 is 16.3 Å². The summed E-state index contributed by atoms with van der Waals surface area (Å²) in [6.07, 6.45) is 1.57. The first-order valence-corrected chi connectivity index (χ1v) is 11.2. The summed E-state index contributed by atoms with van der Waals surface area (Å²) in [6.45, 7) is 4.01. The monoisotopic (exact) mass is 426 g/mol. The number of aromatic hydroxyl groups is 1. The molecular weight excluding hydrogens is 404 g/mol. The summed E-state index contributed by atoms with van der Waals surface area (Å²) in [5.41, 5.74) is 3.20. The number of rotatable bonds is 5. The van der Waals surface area contributed by atoms with Crippen molar-refractivity contribution in [1.82, 2.24) is 4.68 Å². The minimum absolute atomic E-state index is 0.0181. The van der Waals surface area contributed by atoms with Crippen LogP contribution in [0.1, 0.15) is 32.3 Å². The van der Waals surface area contributed by atoms with Gasteiger partial charge in [0.15, 0.2) is 5.84 Å². The summed E-state index contributed by atoms with van der Waals surface area (Å²) in [4.78, 5) is 13.4. The maximum Gasteiger partial charge on any atom is 0.286 e. The molecule has 3 aromatic rings. The fourth-order valence-corrected chi connectivity index (χ4v) is 4.67. The largest absolute Gasteiger partial charge is 0.506 e. The van der Waals surface area contributed by atoms with Crippen molar-refractivity contribution >= 4 is 32.4 Å². The van der Waals surface area contributed by atoms with E-state index in [0.717, 1.165) is 12.8 Å². The number of para-hydroxylation sites is 2. The molecule has 8 nitrogen and oxygen atoms in total. The summed E-state index contributed by atoms with van der Waals surface area (Å²) in [5.74, 6) is -0.527. The van der Waals surface area contributed by atoms with E-state index in [1.807, 2.05) is 13.8 Å². The fraction of sp³-hybridized carbons (Fsp3) is 0.238. The van der Waals surface area contributed by atoms with Crippen LogP contribution in [-0.2, 0) is 10.0 Å². The van der Waals surface area contributed by atoms with Crippen LogP contribution in [0, 0.1) is 0 Å². The number of nitrogens with zero attached hydrogens (tertiary/aromatic N) is 2. The Labute approximate surface area is 173 Å². The van der Waals surface area contributed by atoms with E-state index in [9.17, 15) is 18.3 Å². The van der Waals surface area contributed by atoms with Gasteiger partial charge in [-0.15, -0.1) is 4.40 Å². The van der Waals surface area contributed by atoms with Crippen molar-refractivity contribution in [2.75, 3.05) is 10.7 Å². The van der Waals surface area contributed by atoms with E-state index in [1.165, 1.54) is 10.7 Å². The van der Waals surface area contributed by atoms with Gasteiger partial charge >= 0.3 is 0 Å². The van der Waals surface area contributed by atoms with E-state index in [1.54, 1.807) is 42.5 Å². The van der Waals surface area contributed by atoms with Gasteiger partial charge in [-0.1, -0.05) is 38.1 Å². The molecule has 1 aromatic heterocycles. The molecule has 0 atom stereocenters. The molecule has 1 aliphatic heterocycles. The van der Waals surface area contributed by atoms with Crippen LogP contribution in [0.2, 0.25) is 0 Å². The fourth-order valence-electron chi connectivity index (χ4n) is 3.54. The molecule has 2 aromatic carbocycles. The zero-order valence-electron chi connectivity index (χ0n) is 16.6. The Morgan fingerprint density at radius 2 is 1.77 bits per heavy atom. The number of fused-ring (bicyclic) bond motifs is 2. The third-order valence-electron chi connectivity index (χ3n) is 5.22. The first kappa shape index (κ1) is 20.0. The SMILES string of the molecule is CCC(CC)Nn1c(=O)c(C2=NS(=O)(=O)c3ccccc3N2)c(O)c2ccccc21. The molecule has 0 aliphatic carbocycles. The lowest BCUT2D eigenvalue weighted by Crippen LogP contribution is -2.39. The quantitative estimate of drug-likeness (QED) is 0.578.